The normalized spacial score (nSPS) is 12.6. The van der Waals surface area contributed by atoms with E-state index in [9.17, 15) is 4.39 Å². The molecule has 0 aromatic carbocycles. The first kappa shape index (κ1) is 13.9. The van der Waals surface area contributed by atoms with Crippen molar-refractivity contribution in [1.82, 2.24) is 14.8 Å². The highest BCUT2D eigenvalue weighted by molar-refractivity contribution is 6.31. The van der Waals surface area contributed by atoms with Crippen molar-refractivity contribution in [2.24, 2.45) is 5.73 Å². The minimum Gasteiger partial charge on any atom is -0.383 e. The molecular formula is C12H14ClFN4O. The summed E-state index contributed by atoms with van der Waals surface area (Å²) in [5.74, 6) is -0.407. The zero-order chi connectivity index (χ0) is 13.8. The summed E-state index contributed by atoms with van der Waals surface area (Å²) in [6, 6.07) is 2.28. The van der Waals surface area contributed by atoms with Crippen molar-refractivity contribution in [2.45, 2.75) is 12.6 Å². The third-order valence-corrected chi connectivity index (χ3v) is 3.00. The lowest BCUT2D eigenvalue weighted by molar-refractivity contribution is 0.182. The van der Waals surface area contributed by atoms with Crippen LogP contribution in [0, 0.1) is 5.82 Å². The molecule has 0 bridgehead atoms. The van der Waals surface area contributed by atoms with Crippen molar-refractivity contribution in [2.75, 3.05) is 13.7 Å². The van der Waals surface area contributed by atoms with Gasteiger partial charge in [0.1, 0.15) is 5.82 Å². The predicted octanol–water partition coefficient (Wildman–Crippen LogP) is 1.77. The molecule has 2 N–H and O–H groups in total. The van der Waals surface area contributed by atoms with Crippen LogP contribution in [0.15, 0.2) is 24.5 Å². The molecule has 0 saturated heterocycles. The molecular weight excluding hydrogens is 271 g/mol. The van der Waals surface area contributed by atoms with Crippen LogP contribution >= 0.6 is 11.6 Å². The number of hydrogen-bond acceptors (Lipinski definition) is 4. The summed E-state index contributed by atoms with van der Waals surface area (Å²) >= 11 is 6.09. The van der Waals surface area contributed by atoms with Gasteiger partial charge >= 0.3 is 0 Å². The van der Waals surface area contributed by atoms with Gasteiger partial charge in [0, 0.05) is 7.11 Å². The number of nitrogens with two attached hydrogens (primary N) is 1. The van der Waals surface area contributed by atoms with Gasteiger partial charge in [-0.25, -0.2) is 4.39 Å². The Balaban J connectivity index is 2.29. The standard InChI is InChI=1S/C12H14ClFN4O/c1-19-5-4-18-12(9(13)7-17-18)11(15)10-3-2-8(14)6-16-10/h2-3,6-7,11H,4-5,15H2,1H3. The van der Waals surface area contributed by atoms with Gasteiger partial charge < -0.3 is 10.5 Å². The van der Waals surface area contributed by atoms with E-state index in [2.05, 4.69) is 10.1 Å². The molecule has 0 fully saturated rings. The highest BCUT2D eigenvalue weighted by Gasteiger charge is 2.19. The molecule has 7 heteroatoms. The minimum absolute atomic E-state index is 0.407. The monoisotopic (exact) mass is 284 g/mol. The smallest absolute Gasteiger partial charge is 0.141 e. The number of methoxy groups -OCH3 is 1. The van der Waals surface area contributed by atoms with Crippen LogP contribution in [0.3, 0.4) is 0 Å². The molecule has 0 amide bonds. The van der Waals surface area contributed by atoms with Crippen LogP contribution in [0.1, 0.15) is 17.4 Å². The lowest BCUT2D eigenvalue weighted by Crippen LogP contribution is -2.20. The first-order valence-corrected chi connectivity index (χ1v) is 6.08. The van der Waals surface area contributed by atoms with Gasteiger partial charge in [-0.2, -0.15) is 5.10 Å². The molecule has 0 aliphatic carbocycles. The molecule has 0 saturated carbocycles. The Morgan fingerprint density at radius 2 is 2.26 bits per heavy atom. The number of halogens is 2. The van der Waals surface area contributed by atoms with Gasteiger partial charge in [-0.1, -0.05) is 11.6 Å². The average molecular weight is 285 g/mol. The number of aromatic nitrogens is 3. The number of pyridine rings is 1. The summed E-state index contributed by atoms with van der Waals surface area (Å²) in [6.07, 6.45) is 2.65. The maximum absolute atomic E-state index is 12.9. The summed E-state index contributed by atoms with van der Waals surface area (Å²) in [4.78, 5) is 3.97. The van der Waals surface area contributed by atoms with E-state index in [1.165, 1.54) is 18.3 Å². The van der Waals surface area contributed by atoms with E-state index in [1.807, 2.05) is 0 Å². The molecule has 0 spiro atoms. The van der Waals surface area contributed by atoms with Crippen LogP contribution in [0.5, 0.6) is 0 Å². The van der Waals surface area contributed by atoms with E-state index >= 15 is 0 Å². The zero-order valence-corrected chi connectivity index (χ0v) is 11.1. The van der Waals surface area contributed by atoms with E-state index in [1.54, 1.807) is 11.8 Å². The van der Waals surface area contributed by atoms with Crippen LogP contribution in [0.2, 0.25) is 5.02 Å². The van der Waals surface area contributed by atoms with E-state index in [0.29, 0.717) is 29.6 Å². The van der Waals surface area contributed by atoms with E-state index < -0.39 is 11.9 Å². The second-order valence-electron chi connectivity index (χ2n) is 3.97. The van der Waals surface area contributed by atoms with Gasteiger partial charge in [-0.05, 0) is 12.1 Å². The fourth-order valence-corrected chi connectivity index (χ4v) is 2.01. The van der Waals surface area contributed by atoms with Crippen LogP contribution < -0.4 is 5.73 Å². The third kappa shape index (κ3) is 3.09. The topological polar surface area (TPSA) is 66.0 Å². The van der Waals surface area contributed by atoms with Gasteiger partial charge in [-0.15, -0.1) is 0 Å². The molecule has 2 aromatic heterocycles. The molecule has 0 aliphatic heterocycles. The molecule has 2 heterocycles. The van der Waals surface area contributed by atoms with E-state index in [0.717, 1.165) is 6.20 Å². The predicted molar refractivity (Wildman–Crippen MR) is 69.3 cm³/mol. The summed E-state index contributed by atoms with van der Waals surface area (Å²) in [7, 11) is 1.60. The van der Waals surface area contributed by atoms with Crippen molar-refractivity contribution >= 4 is 11.6 Å². The number of nitrogens with zero attached hydrogens (tertiary/aromatic N) is 3. The van der Waals surface area contributed by atoms with E-state index in [4.69, 9.17) is 22.1 Å². The van der Waals surface area contributed by atoms with Crippen molar-refractivity contribution < 1.29 is 9.13 Å². The van der Waals surface area contributed by atoms with Crippen LogP contribution in [-0.4, -0.2) is 28.5 Å². The first-order valence-electron chi connectivity index (χ1n) is 5.70. The quantitative estimate of drug-likeness (QED) is 0.909. The fraction of sp³-hybridized carbons (Fsp3) is 0.333. The molecule has 5 nitrogen and oxygen atoms in total. The molecule has 19 heavy (non-hydrogen) atoms. The fourth-order valence-electron chi connectivity index (χ4n) is 1.75. The summed E-state index contributed by atoms with van der Waals surface area (Å²) in [6.45, 7) is 1.03. The third-order valence-electron chi connectivity index (χ3n) is 2.70. The van der Waals surface area contributed by atoms with Crippen LogP contribution in [-0.2, 0) is 11.3 Å². The SMILES string of the molecule is COCCn1ncc(Cl)c1C(N)c1ccc(F)cn1. The summed E-state index contributed by atoms with van der Waals surface area (Å²) < 4.78 is 19.5. The van der Waals surface area contributed by atoms with Crippen LogP contribution in [0.4, 0.5) is 4.39 Å². The molecule has 1 unspecified atom stereocenters. The van der Waals surface area contributed by atoms with Crippen molar-refractivity contribution in [3.63, 3.8) is 0 Å². The first-order chi connectivity index (χ1) is 9.13. The zero-order valence-electron chi connectivity index (χ0n) is 10.4. The maximum atomic E-state index is 12.9. The average Bonchev–Trinajstić information content (AvgIpc) is 2.77. The van der Waals surface area contributed by atoms with Crippen LogP contribution in [0.25, 0.3) is 0 Å². The Bertz CT molecular complexity index is 543. The molecule has 0 aliphatic rings. The number of ether oxygens (including phenoxy) is 1. The van der Waals surface area contributed by atoms with E-state index in [-0.39, 0.29) is 0 Å². The van der Waals surface area contributed by atoms with Gasteiger partial charge in [0.2, 0.25) is 0 Å². The Morgan fingerprint density at radius 3 is 2.89 bits per heavy atom. The highest BCUT2D eigenvalue weighted by Crippen LogP contribution is 2.25. The molecule has 2 rings (SSSR count). The summed E-state index contributed by atoms with van der Waals surface area (Å²) in [5.41, 5.74) is 7.28. The summed E-state index contributed by atoms with van der Waals surface area (Å²) in [5, 5.41) is 4.59. The second-order valence-corrected chi connectivity index (χ2v) is 4.38. The Kier molecular flexibility index (Phi) is 4.47. The lowest BCUT2D eigenvalue weighted by atomic mass is 10.1. The second kappa shape index (κ2) is 6.10. The van der Waals surface area contributed by atoms with Gasteiger partial charge in [0.05, 0.1) is 48.0 Å². The maximum Gasteiger partial charge on any atom is 0.141 e. The largest absolute Gasteiger partial charge is 0.383 e. The number of rotatable bonds is 5. The Hall–Kier alpha value is -1.50. The lowest BCUT2D eigenvalue weighted by Gasteiger charge is -2.14. The molecule has 102 valence electrons. The molecule has 1 atom stereocenters. The molecule has 2 aromatic rings. The highest BCUT2D eigenvalue weighted by atomic mass is 35.5. The van der Waals surface area contributed by atoms with Crippen molar-refractivity contribution in [3.05, 3.63) is 46.8 Å². The molecule has 0 radical (unpaired) electrons. The van der Waals surface area contributed by atoms with Crippen molar-refractivity contribution in [3.8, 4) is 0 Å². The Labute approximate surface area is 115 Å². The van der Waals surface area contributed by atoms with Gasteiger partial charge in [0.25, 0.3) is 0 Å². The van der Waals surface area contributed by atoms with Crippen molar-refractivity contribution in [1.29, 1.82) is 0 Å². The minimum atomic E-state index is -0.563. The van der Waals surface area contributed by atoms with Gasteiger partial charge in [-0.3, -0.25) is 9.67 Å². The van der Waals surface area contributed by atoms with Gasteiger partial charge in [0.15, 0.2) is 0 Å². The number of hydrogen-bond donors (Lipinski definition) is 1. The Morgan fingerprint density at radius 1 is 1.47 bits per heavy atom.